The summed E-state index contributed by atoms with van der Waals surface area (Å²) >= 11 is 0. The summed E-state index contributed by atoms with van der Waals surface area (Å²) in [6.07, 6.45) is 3.47. The fraction of sp³-hybridized carbons (Fsp3) is 0.200. The van der Waals surface area contributed by atoms with Crippen molar-refractivity contribution in [2.45, 2.75) is 19.4 Å². The second-order valence-electron chi connectivity index (χ2n) is 7.63. The topological polar surface area (TPSA) is 72.3 Å². The highest BCUT2D eigenvalue weighted by molar-refractivity contribution is 5.95. The molecule has 0 bridgehead atoms. The van der Waals surface area contributed by atoms with Crippen molar-refractivity contribution in [3.63, 3.8) is 0 Å². The van der Waals surface area contributed by atoms with Crippen LogP contribution in [0.2, 0.25) is 0 Å². The van der Waals surface area contributed by atoms with E-state index < -0.39 is 0 Å². The molecular weight excluding hydrogens is 390 g/mol. The van der Waals surface area contributed by atoms with Gasteiger partial charge in [-0.25, -0.2) is 0 Å². The van der Waals surface area contributed by atoms with Gasteiger partial charge in [-0.3, -0.25) is 4.79 Å². The Morgan fingerprint density at radius 2 is 1.87 bits per heavy atom. The fourth-order valence-electron chi connectivity index (χ4n) is 4.50. The summed E-state index contributed by atoms with van der Waals surface area (Å²) in [6.45, 7) is 3.07. The van der Waals surface area contributed by atoms with E-state index in [0.29, 0.717) is 23.4 Å². The monoisotopic (exact) mass is 413 g/mol. The van der Waals surface area contributed by atoms with E-state index in [-0.39, 0.29) is 11.9 Å². The highest BCUT2D eigenvalue weighted by Gasteiger charge is 2.36. The molecular formula is C25H23N3O3. The normalized spacial score (nSPS) is 15.6. The summed E-state index contributed by atoms with van der Waals surface area (Å²) in [5.74, 6) is 0.658. The Bertz CT molecular complexity index is 1250. The van der Waals surface area contributed by atoms with Crippen LogP contribution in [0.3, 0.4) is 0 Å². The maximum Gasteiger partial charge on any atom is 0.255 e. The first-order valence-electron chi connectivity index (χ1n) is 10.5. The van der Waals surface area contributed by atoms with E-state index in [4.69, 9.17) is 4.74 Å². The number of hydrogen-bond donors (Lipinski definition) is 1. The van der Waals surface area contributed by atoms with E-state index in [2.05, 4.69) is 17.1 Å². The molecule has 0 fully saturated rings. The summed E-state index contributed by atoms with van der Waals surface area (Å²) < 4.78 is 6.62. The largest absolute Gasteiger partial charge is 0.619 e. The number of aromatic nitrogens is 2. The zero-order valence-electron chi connectivity index (χ0n) is 17.2. The number of H-pyrrole nitrogens is 1. The number of pyridine rings is 1. The molecule has 31 heavy (non-hydrogen) atoms. The standard InChI is InChI=1S/C25H23N3O3/c1-2-31-22-10-6-4-8-20(22)24-23-19(18-7-3-5-9-21(18)26-23)13-16-28(24)25(29)17-11-14-27(30)15-12-17/h3-12,14-15,24,26H,2,13,16H2,1H3/t24-/m0/s1. The van der Waals surface area contributed by atoms with Crippen LogP contribution >= 0.6 is 0 Å². The molecule has 0 saturated carbocycles. The lowest BCUT2D eigenvalue weighted by atomic mass is 9.91. The Morgan fingerprint density at radius 3 is 2.68 bits per heavy atom. The van der Waals surface area contributed by atoms with Gasteiger partial charge in [-0.05, 0) is 31.0 Å². The molecule has 1 N–H and O–H groups in total. The van der Waals surface area contributed by atoms with E-state index in [1.54, 1.807) is 12.1 Å². The number of carbonyl (C=O) groups excluding carboxylic acids is 1. The van der Waals surface area contributed by atoms with Crippen molar-refractivity contribution in [3.8, 4) is 5.75 Å². The minimum atomic E-state index is -0.314. The predicted molar refractivity (Wildman–Crippen MR) is 118 cm³/mol. The number of para-hydroxylation sites is 2. The van der Waals surface area contributed by atoms with E-state index in [0.717, 1.165) is 28.9 Å². The Morgan fingerprint density at radius 1 is 1.13 bits per heavy atom. The van der Waals surface area contributed by atoms with Crippen LogP contribution < -0.4 is 9.47 Å². The number of ether oxygens (including phenoxy) is 1. The number of fused-ring (bicyclic) bond motifs is 3. The number of amides is 1. The van der Waals surface area contributed by atoms with Gasteiger partial charge in [-0.2, -0.15) is 4.73 Å². The average molecular weight is 413 g/mol. The lowest BCUT2D eigenvalue weighted by Crippen LogP contribution is -2.41. The zero-order chi connectivity index (χ0) is 21.4. The van der Waals surface area contributed by atoms with Crippen LogP contribution in [0.25, 0.3) is 10.9 Å². The van der Waals surface area contributed by atoms with Crippen molar-refractivity contribution in [1.82, 2.24) is 9.88 Å². The smallest absolute Gasteiger partial charge is 0.255 e. The third kappa shape index (κ3) is 3.30. The van der Waals surface area contributed by atoms with Crippen molar-refractivity contribution in [2.24, 2.45) is 0 Å². The molecule has 1 aliphatic heterocycles. The molecule has 5 rings (SSSR count). The summed E-state index contributed by atoms with van der Waals surface area (Å²) in [5, 5.41) is 12.6. The van der Waals surface area contributed by atoms with Crippen LogP contribution in [-0.2, 0) is 6.42 Å². The van der Waals surface area contributed by atoms with E-state index in [9.17, 15) is 10.0 Å². The Hall–Kier alpha value is -3.80. The number of aromatic amines is 1. The molecule has 1 aliphatic rings. The highest BCUT2D eigenvalue weighted by atomic mass is 16.5. The van der Waals surface area contributed by atoms with Crippen LogP contribution in [-0.4, -0.2) is 28.9 Å². The van der Waals surface area contributed by atoms with Crippen LogP contribution in [0, 0.1) is 5.21 Å². The SMILES string of the molecule is CCOc1ccccc1[C@H]1c2[nH]c3ccccc3c2CCN1C(=O)c1cc[n+]([O-])cc1. The van der Waals surface area contributed by atoms with Gasteiger partial charge < -0.3 is 19.8 Å². The number of rotatable bonds is 4. The van der Waals surface area contributed by atoms with E-state index >= 15 is 0 Å². The first kappa shape index (κ1) is 19.2. The number of nitrogens with zero attached hydrogens (tertiary/aromatic N) is 2. The van der Waals surface area contributed by atoms with Gasteiger partial charge in [0.05, 0.1) is 12.2 Å². The zero-order valence-corrected chi connectivity index (χ0v) is 17.2. The van der Waals surface area contributed by atoms with Gasteiger partial charge >= 0.3 is 0 Å². The highest BCUT2D eigenvalue weighted by Crippen LogP contribution is 2.42. The van der Waals surface area contributed by atoms with Crippen molar-refractivity contribution in [1.29, 1.82) is 0 Å². The van der Waals surface area contributed by atoms with Gasteiger partial charge in [-0.15, -0.1) is 0 Å². The first-order chi connectivity index (χ1) is 15.2. The number of nitrogens with one attached hydrogen (secondary N) is 1. The molecule has 156 valence electrons. The van der Waals surface area contributed by atoms with Gasteiger partial charge in [0.25, 0.3) is 5.91 Å². The summed E-state index contributed by atoms with van der Waals surface area (Å²) in [6, 6.07) is 19.0. The molecule has 3 heterocycles. The molecule has 0 aliphatic carbocycles. The van der Waals surface area contributed by atoms with Crippen molar-refractivity contribution < 1.29 is 14.3 Å². The van der Waals surface area contributed by atoms with E-state index in [1.165, 1.54) is 23.3 Å². The quantitative estimate of drug-likeness (QED) is 0.406. The minimum Gasteiger partial charge on any atom is -0.619 e. The molecule has 2 aromatic carbocycles. The molecule has 1 atom stereocenters. The van der Waals surface area contributed by atoms with Crippen LogP contribution in [0.15, 0.2) is 73.1 Å². The Labute approximate surface area is 180 Å². The molecule has 0 radical (unpaired) electrons. The van der Waals surface area contributed by atoms with Gasteiger partial charge in [-0.1, -0.05) is 36.4 Å². The molecule has 2 aromatic heterocycles. The molecule has 6 heteroatoms. The lowest BCUT2D eigenvalue weighted by molar-refractivity contribution is -0.605. The number of carbonyl (C=O) groups is 1. The molecule has 0 saturated heterocycles. The van der Waals surface area contributed by atoms with Gasteiger partial charge in [0.2, 0.25) is 0 Å². The van der Waals surface area contributed by atoms with Crippen molar-refractivity contribution >= 4 is 16.8 Å². The van der Waals surface area contributed by atoms with Crippen LogP contribution in [0.5, 0.6) is 5.75 Å². The van der Waals surface area contributed by atoms with Gasteiger partial charge in [0.15, 0.2) is 12.4 Å². The third-order valence-corrected chi connectivity index (χ3v) is 5.86. The Balaban J connectivity index is 1.68. The van der Waals surface area contributed by atoms with Crippen molar-refractivity contribution in [2.75, 3.05) is 13.2 Å². The molecule has 0 spiro atoms. The minimum absolute atomic E-state index is 0.110. The number of benzene rings is 2. The number of hydrogen-bond acceptors (Lipinski definition) is 3. The maximum atomic E-state index is 13.5. The first-order valence-corrected chi connectivity index (χ1v) is 10.5. The summed E-state index contributed by atoms with van der Waals surface area (Å²) in [4.78, 5) is 19.0. The molecule has 6 nitrogen and oxygen atoms in total. The van der Waals surface area contributed by atoms with E-state index in [1.807, 2.05) is 48.2 Å². The molecule has 1 amide bonds. The molecule has 4 aromatic rings. The second kappa shape index (κ2) is 7.80. The predicted octanol–water partition coefficient (Wildman–Crippen LogP) is 3.99. The molecule has 0 unspecified atom stereocenters. The second-order valence-corrected chi connectivity index (χ2v) is 7.63. The third-order valence-electron chi connectivity index (χ3n) is 5.86. The van der Waals surface area contributed by atoms with Gasteiger partial charge in [0, 0.05) is 40.8 Å². The summed E-state index contributed by atoms with van der Waals surface area (Å²) in [7, 11) is 0. The Kier molecular flexibility index (Phi) is 4.82. The van der Waals surface area contributed by atoms with Crippen molar-refractivity contribution in [3.05, 3.63) is 101 Å². The lowest BCUT2D eigenvalue weighted by Gasteiger charge is -2.37. The average Bonchev–Trinajstić information content (AvgIpc) is 3.18. The fourth-order valence-corrected chi connectivity index (χ4v) is 4.50. The maximum absolute atomic E-state index is 13.5. The van der Waals surface area contributed by atoms with Crippen LogP contribution in [0.4, 0.5) is 0 Å². The van der Waals surface area contributed by atoms with Crippen LogP contribution in [0.1, 0.15) is 40.1 Å². The van der Waals surface area contributed by atoms with Gasteiger partial charge in [0.1, 0.15) is 11.8 Å². The summed E-state index contributed by atoms with van der Waals surface area (Å²) in [5.41, 5.74) is 4.75.